The minimum atomic E-state index is 0.0663. The van der Waals surface area contributed by atoms with Gasteiger partial charge in [0.15, 0.2) is 17.3 Å². The van der Waals surface area contributed by atoms with Gasteiger partial charge < -0.3 is 24.0 Å². The van der Waals surface area contributed by atoms with Crippen LogP contribution in [0.4, 0.5) is 5.82 Å². The Morgan fingerprint density at radius 1 is 0.909 bits per heavy atom. The van der Waals surface area contributed by atoms with Gasteiger partial charge >= 0.3 is 0 Å². The van der Waals surface area contributed by atoms with E-state index in [4.69, 9.17) is 19.2 Å². The number of rotatable bonds is 7. The number of nitrogens with zero attached hydrogens (tertiary/aromatic N) is 4. The van der Waals surface area contributed by atoms with Gasteiger partial charge in [0.25, 0.3) is 0 Å². The Balaban J connectivity index is 1.40. The molecule has 8 heteroatoms. The van der Waals surface area contributed by atoms with Gasteiger partial charge in [0, 0.05) is 37.9 Å². The van der Waals surface area contributed by atoms with Crippen LogP contribution in [-0.2, 0) is 11.2 Å². The van der Waals surface area contributed by atoms with Crippen molar-refractivity contribution in [2.75, 3.05) is 52.4 Å². The lowest BCUT2D eigenvalue weighted by Crippen LogP contribution is -2.49. The highest BCUT2D eigenvalue weighted by Gasteiger charge is 2.23. The Hall–Kier alpha value is -3.81. The van der Waals surface area contributed by atoms with Gasteiger partial charge in [-0.1, -0.05) is 30.3 Å². The highest BCUT2D eigenvalue weighted by Crippen LogP contribution is 2.38. The average Bonchev–Trinajstić information content (AvgIpc) is 2.88. The molecule has 0 bridgehead atoms. The topological polar surface area (TPSA) is 77.0 Å². The number of methoxy groups -OCH3 is 3. The van der Waals surface area contributed by atoms with E-state index in [2.05, 4.69) is 9.88 Å². The molecule has 8 nitrogen and oxygen atoms in total. The Labute approximate surface area is 193 Å². The smallest absolute Gasteiger partial charge is 0.227 e. The first-order chi connectivity index (χ1) is 16.1. The van der Waals surface area contributed by atoms with E-state index in [-0.39, 0.29) is 12.3 Å². The van der Waals surface area contributed by atoms with Crippen molar-refractivity contribution in [1.82, 2.24) is 14.9 Å². The zero-order valence-corrected chi connectivity index (χ0v) is 19.2. The molecule has 2 aromatic carbocycles. The highest BCUT2D eigenvalue weighted by molar-refractivity contribution is 5.79. The summed E-state index contributed by atoms with van der Waals surface area (Å²) in [6, 6.07) is 15.5. The largest absolute Gasteiger partial charge is 0.493 e. The molecule has 0 saturated carbocycles. The SMILES string of the molecule is COc1cc(CC(=O)N2CCN(c3ccnc(-c4ccccc4)n3)CC2)cc(OC)c1OC. The van der Waals surface area contributed by atoms with Gasteiger partial charge in [-0.3, -0.25) is 4.79 Å². The number of anilines is 1. The van der Waals surface area contributed by atoms with Crippen LogP contribution in [0.3, 0.4) is 0 Å². The van der Waals surface area contributed by atoms with Crippen molar-refractivity contribution >= 4 is 11.7 Å². The Bertz CT molecular complexity index is 1070. The lowest BCUT2D eigenvalue weighted by atomic mass is 10.1. The molecule has 0 radical (unpaired) electrons. The maximum atomic E-state index is 13.0. The number of carbonyl (C=O) groups excluding carboxylic acids is 1. The first-order valence-corrected chi connectivity index (χ1v) is 10.8. The molecule has 1 aromatic heterocycles. The summed E-state index contributed by atoms with van der Waals surface area (Å²) >= 11 is 0. The number of aromatic nitrogens is 2. The Kier molecular flexibility index (Phi) is 6.92. The lowest BCUT2D eigenvalue weighted by Gasteiger charge is -2.35. The maximum Gasteiger partial charge on any atom is 0.227 e. The quantitative estimate of drug-likeness (QED) is 0.550. The van der Waals surface area contributed by atoms with Gasteiger partial charge in [0.2, 0.25) is 11.7 Å². The molecule has 1 fully saturated rings. The predicted molar refractivity (Wildman–Crippen MR) is 126 cm³/mol. The van der Waals surface area contributed by atoms with E-state index in [0.717, 1.165) is 16.9 Å². The number of ether oxygens (including phenoxy) is 3. The van der Waals surface area contributed by atoms with Crippen LogP contribution in [0.5, 0.6) is 17.2 Å². The summed E-state index contributed by atoms with van der Waals surface area (Å²) in [4.78, 5) is 26.2. The zero-order valence-electron chi connectivity index (χ0n) is 19.2. The third-order valence-corrected chi connectivity index (χ3v) is 5.71. The van der Waals surface area contributed by atoms with Crippen LogP contribution in [0.25, 0.3) is 11.4 Å². The minimum Gasteiger partial charge on any atom is -0.493 e. The van der Waals surface area contributed by atoms with Crippen LogP contribution >= 0.6 is 0 Å². The monoisotopic (exact) mass is 448 g/mol. The van der Waals surface area contributed by atoms with Gasteiger partial charge in [0.1, 0.15) is 5.82 Å². The maximum absolute atomic E-state index is 13.0. The molecule has 172 valence electrons. The molecule has 0 spiro atoms. The molecule has 33 heavy (non-hydrogen) atoms. The second-order valence-electron chi connectivity index (χ2n) is 7.68. The summed E-state index contributed by atoms with van der Waals surface area (Å²) in [6.07, 6.45) is 2.05. The van der Waals surface area contributed by atoms with Gasteiger partial charge in [-0.05, 0) is 23.8 Å². The fourth-order valence-electron chi connectivity index (χ4n) is 3.96. The first kappa shape index (κ1) is 22.4. The molecule has 2 heterocycles. The number of amides is 1. The number of hydrogen-bond donors (Lipinski definition) is 0. The van der Waals surface area contributed by atoms with Crippen molar-refractivity contribution in [3.8, 4) is 28.6 Å². The number of piperazine rings is 1. The molecule has 1 aliphatic heterocycles. The summed E-state index contributed by atoms with van der Waals surface area (Å²) in [5.41, 5.74) is 1.80. The molecule has 4 rings (SSSR count). The van der Waals surface area contributed by atoms with E-state index >= 15 is 0 Å². The van der Waals surface area contributed by atoms with Crippen molar-refractivity contribution in [2.24, 2.45) is 0 Å². The number of hydrogen-bond acceptors (Lipinski definition) is 7. The van der Waals surface area contributed by atoms with E-state index in [9.17, 15) is 4.79 Å². The normalized spacial score (nSPS) is 13.5. The third-order valence-electron chi connectivity index (χ3n) is 5.71. The Morgan fingerprint density at radius 3 is 2.18 bits per heavy atom. The minimum absolute atomic E-state index is 0.0663. The van der Waals surface area contributed by atoms with E-state index < -0.39 is 0 Å². The van der Waals surface area contributed by atoms with Crippen molar-refractivity contribution in [3.63, 3.8) is 0 Å². The second-order valence-corrected chi connectivity index (χ2v) is 7.68. The van der Waals surface area contributed by atoms with Gasteiger partial charge in [0.05, 0.1) is 27.8 Å². The fourth-order valence-corrected chi connectivity index (χ4v) is 3.96. The van der Waals surface area contributed by atoms with Crippen molar-refractivity contribution in [2.45, 2.75) is 6.42 Å². The highest BCUT2D eigenvalue weighted by atomic mass is 16.5. The van der Waals surface area contributed by atoms with E-state index in [1.54, 1.807) is 27.5 Å². The van der Waals surface area contributed by atoms with Crippen LogP contribution in [-0.4, -0.2) is 68.3 Å². The van der Waals surface area contributed by atoms with E-state index in [1.165, 1.54) is 0 Å². The predicted octanol–water partition coefficient (Wildman–Crippen LogP) is 3.06. The zero-order chi connectivity index (χ0) is 23.2. The number of carbonyl (C=O) groups is 1. The van der Waals surface area contributed by atoms with Gasteiger partial charge in [-0.25, -0.2) is 9.97 Å². The first-order valence-electron chi connectivity index (χ1n) is 10.8. The molecule has 0 atom stereocenters. The molecule has 1 aliphatic rings. The molecule has 0 aliphatic carbocycles. The van der Waals surface area contributed by atoms with Crippen LogP contribution in [0.15, 0.2) is 54.7 Å². The summed E-state index contributed by atoms with van der Waals surface area (Å²) in [7, 11) is 4.70. The molecule has 3 aromatic rings. The van der Waals surface area contributed by atoms with Crippen LogP contribution in [0.2, 0.25) is 0 Å². The molecular formula is C25H28N4O4. The molecule has 1 amide bonds. The lowest BCUT2D eigenvalue weighted by molar-refractivity contribution is -0.130. The average molecular weight is 449 g/mol. The van der Waals surface area contributed by atoms with Gasteiger partial charge in [-0.15, -0.1) is 0 Å². The summed E-state index contributed by atoms with van der Waals surface area (Å²) in [6.45, 7) is 2.69. The summed E-state index contributed by atoms with van der Waals surface area (Å²) < 4.78 is 16.2. The summed E-state index contributed by atoms with van der Waals surface area (Å²) in [5, 5.41) is 0. The molecule has 0 unspecified atom stereocenters. The molecule has 1 saturated heterocycles. The summed E-state index contributed by atoms with van der Waals surface area (Å²) in [5.74, 6) is 3.25. The van der Waals surface area contributed by atoms with Crippen LogP contribution < -0.4 is 19.1 Å². The third kappa shape index (κ3) is 5.00. The number of benzene rings is 2. The standard InChI is InChI=1S/C25H28N4O4/c1-31-20-15-18(16-21(32-2)24(20)33-3)17-23(30)29-13-11-28(12-14-29)22-9-10-26-25(27-22)19-7-5-4-6-8-19/h4-10,15-16H,11-14,17H2,1-3H3. The molecular weight excluding hydrogens is 420 g/mol. The van der Waals surface area contributed by atoms with Gasteiger partial charge in [-0.2, -0.15) is 0 Å². The Morgan fingerprint density at radius 2 is 1.58 bits per heavy atom. The van der Waals surface area contributed by atoms with Crippen molar-refractivity contribution in [1.29, 1.82) is 0 Å². The van der Waals surface area contributed by atoms with Crippen molar-refractivity contribution < 1.29 is 19.0 Å². The van der Waals surface area contributed by atoms with Crippen molar-refractivity contribution in [3.05, 3.63) is 60.3 Å². The van der Waals surface area contributed by atoms with E-state index in [0.29, 0.717) is 49.3 Å². The van der Waals surface area contributed by atoms with E-state index in [1.807, 2.05) is 53.4 Å². The van der Waals surface area contributed by atoms with Crippen LogP contribution in [0.1, 0.15) is 5.56 Å². The van der Waals surface area contributed by atoms with Crippen LogP contribution in [0, 0.1) is 0 Å². The second kappa shape index (κ2) is 10.2. The fraction of sp³-hybridized carbons (Fsp3) is 0.320. The molecule has 0 N–H and O–H groups in total.